The Morgan fingerprint density at radius 2 is 1.45 bits per heavy atom. The van der Waals surface area contributed by atoms with Crippen molar-refractivity contribution in [2.24, 2.45) is 7.05 Å². The summed E-state index contributed by atoms with van der Waals surface area (Å²) >= 11 is 0. The van der Waals surface area contributed by atoms with E-state index in [-0.39, 0.29) is 18.5 Å². The van der Waals surface area contributed by atoms with Gasteiger partial charge in [-0.3, -0.25) is 19.0 Å². The van der Waals surface area contributed by atoms with Crippen molar-refractivity contribution < 1.29 is 4.79 Å². The van der Waals surface area contributed by atoms with Crippen LogP contribution < -0.4 is 16.4 Å². The minimum Gasteiger partial charge on any atom is -0.346 e. The number of nitrogens with one attached hydrogen (secondary N) is 1. The van der Waals surface area contributed by atoms with Gasteiger partial charge in [0.05, 0.1) is 23.6 Å². The van der Waals surface area contributed by atoms with E-state index in [9.17, 15) is 14.4 Å². The number of hydrogen-bond donors (Lipinski definition) is 1. The van der Waals surface area contributed by atoms with Gasteiger partial charge in [0.25, 0.3) is 5.91 Å². The molecule has 4 aromatic rings. The lowest BCUT2D eigenvalue weighted by atomic mass is 10.1. The molecule has 4 rings (SSSR count). The Kier molecular flexibility index (Phi) is 5.54. The van der Waals surface area contributed by atoms with Gasteiger partial charge in [0.1, 0.15) is 0 Å². The van der Waals surface area contributed by atoms with Gasteiger partial charge < -0.3 is 9.88 Å². The number of fused-ring (bicyclic) bond motifs is 1. The quantitative estimate of drug-likeness (QED) is 0.511. The second-order valence-corrected chi connectivity index (χ2v) is 7.55. The maximum absolute atomic E-state index is 12.6. The molecule has 0 saturated heterocycles. The number of carbonyl (C=O) groups excluding carboxylic acids is 1. The first-order valence-electron chi connectivity index (χ1n) is 10.1. The molecular formula is C25H23N3O3. The predicted octanol–water partition coefficient (Wildman–Crippen LogP) is 3.24. The Bertz CT molecular complexity index is 1350. The zero-order valence-electron chi connectivity index (χ0n) is 17.4. The maximum Gasteiger partial charge on any atom is 0.317 e. The molecule has 31 heavy (non-hydrogen) atoms. The molecule has 6 heteroatoms. The zero-order valence-corrected chi connectivity index (χ0v) is 17.4. The van der Waals surface area contributed by atoms with Crippen molar-refractivity contribution >= 4 is 16.9 Å². The van der Waals surface area contributed by atoms with E-state index in [0.717, 1.165) is 11.1 Å². The topological polar surface area (TPSA) is 73.1 Å². The molecule has 0 saturated carbocycles. The van der Waals surface area contributed by atoms with Crippen LogP contribution in [0.25, 0.3) is 11.0 Å². The molecule has 1 unspecified atom stereocenters. The van der Waals surface area contributed by atoms with Gasteiger partial charge in [-0.1, -0.05) is 54.6 Å². The SMILES string of the molecule is CC(NC(=O)c1ccc(Cn2c(=O)c(=O)n(C)c3ccccc32)cc1)c1ccccc1. The summed E-state index contributed by atoms with van der Waals surface area (Å²) in [5.41, 5.74) is 2.64. The predicted molar refractivity (Wildman–Crippen MR) is 121 cm³/mol. The number of hydrogen-bond acceptors (Lipinski definition) is 3. The highest BCUT2D eigenvalue weighted by Gasteiger charge is 2.13. The number of rotatable bonds is 5. The van der Waals surface area contributed by atoms with E-state index in [1.165, 1.54) is 9.13 Å². The van der Waals surface area contributed by atoms with E-state index in [1.54, 1.807) is 31.3 Å². The van der Waals surface area contributed by atoms with Gasteiger partial charge in [0.2, 0.25) is 0 Å². The molecule has 1 amide bonds. The third-order valence-corrected chi connectivity index (χ3v) is 5.47. The Labute approximate surface area is 179 Å². The van der Waals surface area contributed by atoms with E-state index >= 15 is 0 Å². The molecule has 6 nitrogen and oxygen atoms in total. The van der Waals surface area contributed by atoms with Crippen LogP contribution in [-0.2, 0) is 13.6 Å². The largest absolute Gasteiger partial charge is 0.346 e. The number of para-hydroxylation sites is 2. The first-order valence-corrected chi connectivity index (χ1v) is 10.1. The van der Waals surface area contributed by atoms with Crippen LogP contribution in [0.15, 0.2) is 88.5 Å². The lowest BCUT2D eigenvalue weighted by Gasteiger charge is -2.15. The normalized spacial score (nSPS) is 11.9. The second-order valence-electron chi connectivity index (χ2n) is 7.55. The molecule has 0 aliphatic carbocycles. The van der Waals surface area contributed by atoms with Crippen molar-refractivity contribution in [2.45, 2.75) is 19.5 Å². The summed E-state index contributed by atoms with van der Waals surface area (Å²) < 4.78 is 2.85. The van der Waals surface area contributed by atoms with Gasteiger partial charge >= 0.3 is 11.1 Å². The summed E-state index contributed by atoms with van der Waals surface area (Å²) in [6.07, 6.45) is 0. The van der Waals surface area contributed by atoms with Crippen molar-refractivity contribution in [3.8, 4) is 0 Å². The summed E-state index contributed by atoms with van der Waals surface area (Å²) in [6.45, 7) is 2.19. The lowest BCUT2D eigenvalue weighted by Crippen LogP contribution is -2.40. The summed E-state index contributed by atoms with van der Waals surface area (Å²) in [5.74, 6) is -0.167. The number of aryl methyl sites for hydroxylation is 1. The van der Waals surface area contributed by atoms with E-state index in [4.69, 9.17) is 0 Å². The molecule has 0 spiro atoms. The first kappa shape index (κ1) is 20.3. The van der Waals surface area contributed by atoms with Crippen LogP contribution in [0.2, 0.25) is 0 Å². The van der Waals surface area contributed by atoms with E-state index in [1.807, 2.05) is 61.5 Å². The molecule has 0 aliphatic rings. The number of benzene rings is 3. The van der Waals surface area contributed by atoms with Gasteiger partial charge in [-0.25, -0.2) is 0 Å². The molecule has 1 heterocycles. The lowest BCUT2D eigenvalue weighted by molar-refractivity contribution is 0.0940. The average molecular weight is 413 g/mol. The minimum atomic E-state index is -0.570. The van der Waals surface area contributed by atoms with Crippen LogP contribution in [0.5, 0.6) is 0 Å². The molecule has 1 aromatic heterocycles. The Morgan fingerprint density at radius 1 is 0.839 bits per heavy atom. The summed E-state index contributed by atoms with van der Waals surface area (Å²) in [6, 6.07) is 24.0. The zero-order chi connectivity index (χ0) is 22.0. The van der Waals surface area contributed by atoms with Gasteiger partial charge in [0, 0.05) is 12.6 Å². The fourth-order valence-corrected chi connectivity index (χ4v) is 3.66. The van der Waals surface area contributed by atoms with Crippen LogP contribution in [0, 0.1) is 0 Å². The van der Waals surface area contributed by atoms with Gasteiger partial charge in [-0.2, -0.15) is 0 Å². The molecule has 1 atom stereocenters. The van der Waals surface area contributed by atoms with Gasteiger partial charge in [-0.05, 0) is 42.3 Å². The monoisotopic (exact) mass is 413 g/mol. The van der Waals surface area contributed by atoms with Crippen LogP contribution in [-0.4, -0.2) is 15.0 Å². The van der Waals surface area contributed by atoms with E-state index in [2.05, 4.69) is 5.32 Å². The minimum absolute atomic E-state index is 0.112. The fraction of sp³-hybridized carbons (Fsp3) is 0.160. The number of aromatic nitrogens is 2. The van der Waals surface area contributed by atoms with Crippen molar-refractivity contribution in [1.29, 1.82) is 0 Å². The average Bonchev–Trinajstić information content (AvgIpc) is 2.81. The second kappa shape index (κ2) is 8.44. The molecule has 1 N–H and O–H groups in total. The number of amides is 1. The number of carbonyl (C=O) groups is 1. The molecule has 0 bridgehead atoms. The molecular weight excluding hydrogens is 390 g/mol. The molecule has 0 fully saturated rings. The smallest absolute Gasteiger partial charge is 0.317 e. The summed E-state index contributed by atoms with van der Waals surface area (Å²) in [5, 5.41) is 2.99. The molecule has 3 aromatic carbocycles. The molecule has 0 radical (unpaired) electrons. The van der Waals surface area contributed by atoms with Crippen LogP contribution in [0.4, 0.5) is 0 Å². The summed E-state index contributed by atoms with van der Waals surface area (Å²) in [7, 11) is 1.60. The molecule has 0 aliphatic heterocycles. The Morgan fingerprint density at radius 3 is 2.13 bits per heavy atom. The van der Waals surface area contributed by atoms with Crippen LogP contribution in [0.3, 0.4) is 0 Å². The summed E-state index contributed by atoms with van der Waals surface area (Å²) in [4.78, 5) is 37.5. The number of nitrogens with zero attached hydrogens (tertiary/aromatic N) is 2. The van der Waals surface area contributed by atoms with E-state index in [0.29, 0.717) is 16.6 Å². The van der Waals surface area contributed by atoms with Crippen LogP contribution >= 0.6 is 0 Å². The van der Waals surface area contributed by atoms with Gasteiger partial charge in [-0.15, -0.1) is 0 Å². The first-order chi connectivity index (χ1) is 15.0. The van der Waals surface area contributed by atoms with Crippen molar-refractivity contribution in [3.05, 3.63) is 116 Å². The third kappa shape index (κ3) is 4.05. The standard InChI is InChI=1S/C25H23N3O3/c1-17(19-8-4-3-5-9-19)26-23(29)20-14-12-18(13-15-20)16-28-22-11-7-6-10-21(22)27(2)24(30)25(28)31/h3-15,17H,16H2,1-2H3,(H,26,29). The van der Waals surface area contributed by atoms with Gasteiger partial charge in [0.15, 0.2) is 0 Å². The third-order valence-electron chi connectivity index (χ3n) is 5.47. The molecule has 156 valence electrons. The van der Waals surface area contributed by atoms with Crippen LogP contribution in [0.1, 0.15) is 34.5 Å². The Balaban J connectivity index is 1.57. The maximum atomic E-state index is 12.6. The van der Waals surface area contributed by atoms with Crippen molar-refractivity contribution in [3.63, 3.8) is 0 Å². The Hall–Kier alpha value is -3.93. The fourth-order valence-electron chi connectivity index (χ4n) is 3.66. The highest BCUT2D eigenvalue weighted by atomic mass is 16.2. The highest BCUT2D eigenvalue weighted by Crippen LogP contribution is 2.14. The highest BCUT2D eigenvalue weighted by molar-refractivity contribution is 5.94. The van der Waals surface area contributed by atoms with Crippen molar-refractivity contribution in [2.75, 3.05) is 0 Å². The van der Waals surface area contributed by atoms with Crippen molar-refractivity contribution in [1.82, 2.24) is 14.5 Å². The van der Waals surface area contributed by atoms with E-state index < -0.39 is 11.1 Å².